The molecule has 0 saturated carbocycles. The van der Waals surface area contributed by atoms with Crippen molar-refractivity contribution in [2.24, 2.45) is 0 Å². The number of benzene rings is 2. The zero-order chi connectivity index (χ0) is 14.8. The van der Waals surface area contributed by atoms with E-state index >= 15 is 0 Å². The highest BCUT2D eigenvalue weighted by molar-refractivity contribution is 7.92. The van der Waals surface area contributed by atoms with E-state index in [0.29, 0.717) is 16.8 Å². The largest absolute Gasteiger partial charge is 0.280 e. The Kier molecular flexibility index (Phi) is 3.72. The van der Waals surface area contributed by atoms with Gasteiger partial charge in [-0.3, -0.25) is 4.72 Å². The molecule has 0 saturated heterocycles. The molecule has 2 aromatic carbocycles. The number of rotatable bonds is 3. The zero-order valence-corrected chi connectivity index (χ0v) is 11.4. The van der Waals surface area contributed by atoms with Crippen LogP contribution >= 0.6 is 0 Å². The predicted octanol–water partition coefficient (Wildman–Crippen LogP) is 2.81. The molecular weight excluding hydrogens is 279 g/mol. The van der Waals surface area contributed by atoms with E-state index < -0.39 is 15.8 Å². The Morgan fingerprint density at radius 1 is 1.15 bits per heavy atom. The lowest BCUT2D eigenvalue weighted by Gasteiger charge is -2.10. The van der Waals surface area contributed by atoms with Crippen LogP contribution in [0.25, 0.3) is 0 Å². The fraction of sp³-hybridized carbons (Fsp3) is 0.0714. The lowest BCUT2D eigenvalue weighted by Crippen LogP contribution is -2.14. The molecule has 1 N–H and O–H groups in total. The quantitative estimate of drug-likeness (QED) is 0.945. The summed E-state index contributed by atoms with van der Waals surface area (Å²) in [5.41, 5.74) is 1.10. The van der Waals surface area contributed by atoms with Gasteiger partial charge in [0.2, 0.25) is 0 Å². The summed E-state index contributed by atoms with van der Waals surface area (Å²) in [6, 6.07) is 11.4. The molecule has 0 radical (unpaired) electrons. The molecule has 0 atom stereocenters. The SMILES string of the molecule is Cc1cc(F)ccc1S(=O)(=O)Nc1ccc(C#N)cc1. The Bertz CT molecular complexity index is 778. The van der Waals surface area contributed by atoms with Crippen LogP contribution in [0.5, 0.6) is 0 Å². The standard InChI is InChI=1S/C14H11FN2O2S/c1-10-8-12(15)4-7-14(10)20(18,19)17-13-5-2-11(9-16)3-6-13/h2-8,17H,1H3. The van der Waals surface area contributed by atoms with E-state index in [9.17, 15) is 12.8 Å². The molecule has 0 fully saturated rings. The first-order valence-corrected chi connectivity index (χ1v) is 7.20. The average molecular weight is 290 g/mol. The van der Waals surface area contributed by atoms with Crippen molar-refractivity contribution in [3.8, 4) is 6.07 Å². The molecule has 2 rings (SSSR count). The normalized spacial score (nSPS) is 10.8. The van der Waals surface area contributed by atoms with Crippen LogP contribution in [0.1, 0.15) is 11.1 Å². The van der Waals surface area contributed by atoms with Gasteiger partial charge in [-0.15, -0.1) is 0 Å². The lowest BCUT2D eigenvalue weighted by atomic mass is 10.2. The third kappa shape index (κ3) is 2.95. The van der Waals surface area contributed by atoms with Crippen molar-refractivity contribution < 1.29 is 12.8 Å². The Morgan fingerprint density at radius 3 is 2.35 bits per heavy atom. The molecule has 4 nitrogen and oxygen atoms in total. The first-order chi connectivity index (χ1) is 9.42. The summed E-state index contributed by atoms with van der Waals surface area (Å²) in [7, 11) is -3.78. The van der Waals surface area contributed by atoms with Crippen LogP contribution in [-0.4, -0.2) is 8.42 Å². The van der Waals surface area contributed by atoms with Crippen molar-refractivity contribution in [3.05, 3.63) is 59.4 Å². The predicted molar refractivity (Wildman–Crippen MR) is 73.1 cm³/mol. The molecule has 0 bridgehead atoms. The maximum atomic E-state index is 13.0. The molecule has 2 aromatic rings. The molecule has 0 heterocycles. The first kappa shape index (κ1) is 14.0. The Hall–Kier alpha value is -2.39. The summed E-state index contributed by atoms with van der Waals surface area (Å²) >= 11 is 0. The summed E-state index contributed by atoms with van der Waals surface area (Å²) in [4.78, 5) is 0.0169. The van der Waals surface area contributed by atoms with E-state index in [2.05, 4.69) is 4.72 Å². The van der Waals surface area contributed by atoms with Crippen LogP contribution < -0.4 is 4.72 Å². The van der Waals surface area contributed by atoms with Gasteiger partial charge in [-0.1, -0.05) is 0 Å². The van der Waals surface area contributed by atoms with E-state index in [-0.39, 0.29) is 4.90 Å². The second kappa shape index (κ2) is 5.31. The molecule has 0 aliphatic rings. The number of nitrogens with one attached hydrogen (secondary N) is 1. The summed E-state index contributed by atoms with van der Waals surface area (Å²) < 4.78 is 39.8. The molecule has 0 unspecified atom stereocenters. The summed E-state index contributed by atoms with van der Waals surface area (Å²) in [5.74, 6) is -0.486. The number of aryl methyl sites for hydroxylation is 1. The molecule has 0 aliphatic carbocycles. The number of anilines is 1. The van der Waals surface area contributed by atoms with Gasteiger partial charge in [0.1, 0.15) is 5.82 Å². The van der Waals surface area contributed by atoms with Crippen molar-refractivity contribution >= 4 is 15.7 Å². The molecule has 0 spiro atoms. The van der Waals surface area contributed by atoms with Gasteiger partial charge in [0, 0.05) is 5.69 Å². The van der Waals surface area contributed by atoms with Gasteiger partial charge < -0.3 is 0 Å². The lowest BCUT2D eigenvalue weighted by molar-refractivity contribution is 0.598. The average Bonchev–Trinajstić information content (AvgIpc) is 2.38. The van der Waals surface area contributed by atoms with Crippen LogP contribution in [0.3, 0.4) is 0 Å². The van der Waals surface area contributed by atoms with Crippen molar-refractivity contribution in [3.63, 3.8) is 0 Å². The van der Waals surface area contributed by atoms with Crippen LogP contribution in [0.4, 0.5) is 10.1 Å². The highest BCUT2D eigenvalue weighted by Crippen LogP contribution is 2.20. The minimum Gasteiger partial charge on any atom is -0.280 e. The van der Waals surface area contributed by atoms with Crippen molar-refractivity contribution in [2.45, 2.75) is 11.8 Å². The number of hydrogen-bond acceptors (Lipinski definition) is 3. The number of nitriles is 1. The minimum atomic E-state index is -3.78. The topological polar surface area (TPSA) is 70.0 Å². The van der Waals surface area contributed by atoms with Crippen LogP contribution in [0, 0.1) is 24.1 Å². The monoisotopic (exact) mass is 290 g/mol. The number of nitrogens with zero attached hydrogens (tertiary/aromatic N) is 1. The smallest absolute Gasteiger partial charge is 0.262 e. The Morgan fingerprint density at radius 2 is 1.80 bits per heavy atom. The fourth-order valence-corrected chi connectivity index (χ4v) is 3.02. The molecular formula is C14H11FN2O2S. The number of hydrogen-bond donors (Lipinski definition) is 1. The van der Waals surface area contributed by atoms with Crippen LogP contribution in [0.2, 0.25) is 0 Å². The van der Waals surface area contributed by atoms with Gasteiger partial charge in [0.25, 0.3) is 10.0 Å². The molecule has 0 aromatic heterocycles. The maximum absolute atomic E-state index is 13.0. The minimum absolute atomic E-state index is 0.0169. The van der Waals surface area contributed by atoms with E-state index in [1.165, 1.54) is 37.3 Å². The molecule has 0 amide bonds. The Balaban J connectivity index is 2.33. The van der Waals surface area contributed by atoms with Crippen molar-refractivity contribution in [1.29, 1.82) is 5.26 Å². The maximum Gasteiger partial charge on any atom is 0.262 e. The van der Waals surface area contributed by atoms with Gasteiger partial charge >= 0.3 is 0 Å². The second-order valence-corrected chi connectivity index (χ2v) is 5.86. The Labute approximate surface area is 116 Å². The van der Waals surface area contributed by atoms with E-state index in [0.717, 1.165) is 12.1 Å². The molecule has 6 heteroatoms. The second-order valence-electron chi connectivity index (χ2n) is 4.20. The fourth-order valence-electron chi connectivity index (χ4n) is 1.74. The van der Waals surface area contributed by atoms with Gasteiger partial charge in [0.15, 0.2) is 0 Å². The van der Waals surface area contributed by atoms with Crippen molar-refractivity contribution in [1.82, 2.24) is 0 Å². The third-order valence-electron chi connectivity index (χ3n) is 2.69. The highest BCUT2D eigenvalue weighted by Gasteiger charge is 2.17. The molecule has 20 heavy (non-hydrogen) atoms. The number of halogens is 1. The third-order valence-corrected chi connectivity index (χ3v) is 4.23. The van der Waals surface area contributed by atoms with Gasteiger partial charge in [-0.05, 0) is 55.0 Å². The van der Waals surface area contributed by atoms with Crippen LogP contribution in [0.15, 0.2) is 47.4 Å². The molecule has 102 valence electrons. The number of sulfonamides is 1. The van der Waals surface area contributed by atoms with Crippen LogP contribution in [-0.2, 0) is 10.0 Å². The van der Waals surface area contributed by atoms with Gasteiger partial charge in [0.05, 0.1) is 16.5 Å². The summed E-state index contributed by atoms with van der Waals surface area (Å²) in [5, 5.41) is 8.68. The summed E-state index contributed by atoms with van der Waals surface area (Å²) in [6.07, 6.45) is 0. The zero-order valence-electron chi connectivity index (χ0n) is 10.6. The van der Waals surface area contributed by atoms with E-state index in [1.54, 1.807) is 0 Å². The first-order valence-electron chi connectivity index (χ1n) is 5.71. The highest BCUT2D eigenvalue weighted by atomic mass is 32.2. The van der Waals surface area contributed by atoms with Gasteiger partial charge in [-0.2, -0.15) is 5.26 Å². The molecule has 0 aliphatic heterocycles. The van der Waals surface area contributed by atoms with Gasteiger partial charge in [-0.25, -0.2) is 12.8 Å². The van der Waals surface area contributed by atoms with E-state index in [4.69, 9.17) is 5.26 Å². The summed E-state index contributed by atoms with van der Waals surface area (Å²) in [6.45, 7) is 1.52. The van der Waals surface area contributed by atoms with Crippen molar-refractivity contribution in [2.75, 3.05) is 4.72 Å². The van der Waals surface area contributed by atoms with E-state index in [1.807, 2.05) is 6.07 Å².